The van der Waals surface area contributed by atoms with E-state index in [1.165, 1.54) is 0 Å². The summed E-state index contributed by atoms with van der Waals surface area (Å²) in [5.41, 5.74) is 3.66. The molecular weight excluding hydrogens is 464 g/mol. The molecule has 0 aliphatic carbocycles. The van der Waals surface area contributed by atoms with Crippen LogP contribution in [0.15, 0.2) is 53.0 Å². The van der Waals surface area contributed by atoms with E-state index in [4.69, 9.17) is 21.4 Å². The molecule has 0 heterocycles. The van der Waals surface area contributed by atoms with Gasteiger partial charge in [-0.25, -0.2) is 0 Å². The molecule has 0 unspecified atom stereocenters. The van der Waals surface area contributed by atoms with Gasteiger partial charge in [0.2, 0.25) is 0 Å². The molecule has 0 atom stereocenters. The Morgan fingerprint density at radius 1 is 1.10 bits per heavy atom. The number of aryl methyl sites for hydroxylation is 1. The number of halogens is 2. The van der Waals surface area contributed by atoms with Crippen LogP contribution in [0.5, 0.6) is 0 Å². The molecular formula is C25H28BrClO3. The maximum Gasteiger partial charge on any atom is 0.310 e. The Hall–Kier alpha value is -1.88. The third-order valence-corrected chi connectivity index (χ3v) is 4.94. The van der Waals surface area contributed by atoms with Crippen LogP contribution in [-0.4, -0.2) is 23.3 Å². The summed E-state index contributed by atoms with van der Waals surface area (Å²) in [7, 11) is 0. The van der Waals surface area contributed by atoms with Crippen molar-refractivity contribution in [2.45, 2.75) is 46.6 Å². The molecule has 3 aromatic rings. The highest BCUT2D eigenvalue weighted by Gasteiger charge is 2.17. The summed E-state index contributed by atoms with van der Waals surface area (Å²) in [5.74, 6) is -0.213. The van der Waals surface area contributed by atoms with Crippen LogP contribution >= 0.6 is 27.5 Å². The highest BCUT2D eigenvalue weighted by Crippen LogP contribution is 2.36. The monoisotopic (exact) mass is 490 g/mol. The molecule has 0 spiro atoms. The quantitative estimate of drug-likeness (QED) is 0.395. The van der Waals surface area contributed by atoms with E-state index in [1.54, 1.807) is 20.8 Å². The van der Waals surface area contributed by atoms with E-state index >= 15 is 0 Å². The van der Waals surface area contributed by atoms with Crippen molar-refractivity contribution in [2.75, 3.05) is 6.61 Å². The number of fused-ring (bicyclic) bond motifs is 1. The van der Waals surface area contributed by atoms with Crippen LogP contribution < -0.4 is 0 Å². The lowest BCUT2D eigenvalue weighted by molar-refractivity contribution is -0.142. The largest absolute Gasteiger partial charge is 0.466 e. The molecule has 0 saturated heterocycles. The summed E-state index contributed by atoms with van der Waals surface area (Å²) in [6, 6.07) is 16.0. The lowest BCUT2D eigenvalue weighted by atomic mass is 9.88. The summed E-state index contributed by atoms with van der Waals surface area (Å²) in [6.45, 7) is 9.47. The summed E-state index contributed by atoms with van der Waals surface area (Å²) in [4.78, 5) is 12.2. The zero-order chi connectivity index (χ0) is 22.5. The normalized spacial score (nSPS) is 11.1. The molecule has 0 fully saturated rings. The maximum atomic E-state index is 12.2. The van der Waals surface area contributed by atoms with Crippen molar-refractivity contribution in [1.29, 1.82) is 0 Å². The van der Waals surface area contributed by atoms with Crippen LogP contribution in [0.1, 0.15) is 38.8 Å². The highest BCUT2D eigenvalue weighted by molar-refractivity contribution is 9.10. The van der Waals surface area contributed by atoms with Crippen molar-refractivity contribution in [1.82, 2.24) is 0 Å². The van der Waals surface area contributed by atoms with Gasteiger partial charge in [0.1, 0.15) is 0 Å². The maximum absolute atomic E-state index is 12.2. The Balaban J connectivity index is 0.000000575. The first-order valence-electron chi connectivity index (χ1n) is 9.85. The first-order valence-corrected chi connectivity index (χ1v) is 11.0. The number of esters is 1. The fourth-order valence-corrected chi connectivity index (χ4v) is 3.57. The minimum atomic E-state index is -0.500. The molecule has 30 heavy (non-hydrogen) atoms. The van der Waals surface area contributed by atoms with Crippen molar-refractivity contribution < 1.29 is 14.6 Å². The second kappa shape index (κ2) is 10.4. The van der Waals surface area contributed by atoms with Crippen LogP contribution in [0.25, 0.3) is 21.9 Å². The van der Waals surface area contributed by atoms with Gasteiger partial charge in [-0.2, -0.15) is 0 Å². The predicted octanol–water partition coefficient (Wildman–Crippen LogP) is 7.11. The Bertz CT molecular complexity index is 1020. The molecule has 0 aliphatic rings. The number of carbonyl (C=O) groups is 1. The Kier molecular flexibility index (Phi) is 8.48. The third kappa shape index (κ3) is 7.12. The van der Waals surface area contributed by atoms with E-state index in [-0.39, 0.29) is 12.4 Å². The van der Waals surface area contributed by atoms with Crippen LogP contribution in [-0.2, 0) is 16.0 Å². The lowest BCUT2D eigenvalue weighted by Crippen LogP contribution is -2.10. The van der Waals surface area contributed by atoms with E-state index in [2.05, 4.69) is 34.1 Å². The average Bonchev–Trinajstić information content (AvgIpc) is 2.63. The van der Waals surface area contributed by atoms with Crippen molar-refractivity contribution in [3.8, 4) is 11.1 Å². The Labute approximate surface area is 192 Å². The van der Waals surface area contributed by atoms with Crippen molar-refractivity contribution >= 4 is 44.3 Å². The second-order valence-electron chi connectivity index (χ2n) is 8.07. The fourth-order valence-electron chi connectivity index (χ4n) is 3.08. The lowest BCUT2D eigenvalue weighted by Gasteiger charge is -2.17. The van der Waals surface area contributed by atoms with Gasteiger partial charge in [0.15, 0.2) is 0 Å². The van der Waals surface area contributed by atoms with Gasteiger partial charge >= 0.3 is 5.97 Å². The molecule has 0 amide bonds. The molecule has 0 aliphatic heterocycles. The van der Waals surface area contributed by atoms with Crippen LogP contribution in [0.4, 0.5) is 0 Å². The molecule has 0 radical (unpaired) electrons. The number of rotatable bonds is 4. The molecule has 1 N–H and O–H groups in total. The Morgan fingerprint density at radius 2 is 1.70 bits per heavy atom. The molecule has 5 heteroatoms. The number of hydrogen-bond donors (Lipinski definition) is 1. The summed E-state index contributed by atoms with van der Waals surface area (Å²) in [6.07, 6.45) is 0.250. The van der Waals surface area contributed by atoms with Crippen LogP contribution in [0.3, 0.4) is 0 Å². The molecule has 0 bridgehead atoms. The van der Waals surface area contributed by atoms with Crippen molar-refractivity contribution in [2.24, 2.45) is 0 Å². The Morgan fingerprint density at radius 3 is 2.27 bits per heavy atom. The van der Waals surface area contributed by atoms with Gasteiger partial charge in [-0.1, -0.05) is 51.8 Å². The van der Waals surface area contributed by atoms with E-state index in [0.717, 1.165) is 37.5 Å². The average molecular weight is 492 g/mol. The molecule has 0 aromatic heterocycles. The number of carbonyl (C=O) groups excluding carboxylic acids is 1. The predicted molar refractivity (Wildman–Crippen MR) is 129 cm³/mol. The second-order valence-corrected chi connectivity index (χ2v) is 9.42. The number of benzene rings is 3. The third-order valence-electron chi connectivity index (χ3n) is 4.19. The number of aliphatic hydroxyl groups is 1. The van der Waals surface area contributed by atoms with E-state index in [9.17, 15) is 4.79 Å². The summed E-state index contributed by atoms with van der Waals surface area (Å²) >= 11 is 9.61. The van der Waals surface area contributed by atoms with E-state index in [1.807, 2.05) is 44.2 Å². The zero-order valence-corrected chi connectivity index (χ0v) is 20.4. The fraction of sp³-hybridized carbons (Fsp3) is 0.320. The van der Waals surface area contributed by atoms with Crippen LogP contribution in [0, 0.1) is 6.92 Å². The molecule has 160 valence electrons. The first kappa shape index (κ1) is 24.4. The molecule has 3 rings (SSSR count). The molecule has 3 nitrogen and oxygen atoms in total. The number of hydrogen-bond acceptors (Lipinski definition) is 3. The van der Waals surface area contributed by atoms with Gasteiger partial charge < -0.3 is 9.84 Å². The van der Waals surface area contributed by atoms with Gasteiger partial charge in [0, 0.05) is 9.50 Å². The van der Waals surface area contributed by atoms with E-state index < -0.39 is 5.60 Å². The standard InChI is InChI=1S/C21H18BrClO2.C4H10O/c1-3-25-20(24)12-18-13(2)10-15-4-7-16(22)11-19(15)21(18)14-5-8-17(23)9-6-14;1-4(2,3)5/h4-11H,3,12H2,1-2H3;5H,1-3H3. The van der Waals surface area contributed by atoms with Gasteiger partial charge in [-0.15, -0.1) is 0 Å². The SMILES string of the molecule is CC(C)(C)O.CCOC(=O)Cc1c(C)cc2ccc(Br)cc2c1-c1ccc(Cl)cc1. The summed E-state index contributed by atoms with van der Waals surface area (Å²) in [5, 5.41) is 11.4. The zero-order valence-electron chi connectivity index (χ0n) is 18.1. The minimum absolute atomic E-state index is 0.213. The topological polar surface area (TPSA) is 46.5 Å². The van der Waals surface area contributed by atoms with Crippen molar-refractivity contribution in [3.63, 3.8) is 0 Å². The minimum Gasteiger partial charge on any atom is -0.466 e. The van der Waals surface area contributed by atoms with Crippen molar-refractivity contribution in [3.05, 3.63) is 69.2 Å². The molecule has 0 saturated carbocycles. The van der Waals surface area contributed by atoms with Gasteiger partial charge in [-0.3, -0.25) is 4.79 Å². The van der Waals surface area contributed by atoms with Crippen LogP contribution in [0.2, 0.25) is 5.02 Å². The first-order chi connectivity index (χ1) is 14.0. The molecule has 3 aromatic carbocycles. The summed E-state index contributed by atoms with van der Waals surface area (Å²) < 4.78 is 6.18. The van der Waals surface area contributed by atoms with Gasteiger partial charge in [-0.05, 0) is 91.9 Å². The van der Waals surface area contributed by atoms with Gasteiger partial charge in [0.25, 0.3) is 0 Å². The smallest absolute Gasteiger partial charge is 0.310 e. The van der Waals surface area contributed by atoms with E-state index in [0.29, 0.717) is 11.6 Å². The van der Waals surface area contributed by atoms with Gasteiger partial charge in [0.05, 0.1) is 18.6 Å². The highest BCUT2D eigenvalue weighted by atomic mass is 79.9. The number of ether oxygens (including phenoxy) is 1.